The third-order valence-electron chi connectivity index (χ3n) is 3.29. The predicted molar refractivity (Wildman–Crippen MR) is 71.5 cm³/mol. The highest BCUT2D eigenvalue weighted by Gasteiger charge is 2.31. The number of aryl methyl sites for hydroxylation is 1. The third kappa shape index (κ3) is 3.35. The Morgan fingerprint density at radius 2 is 2.20 bits per heavy atom. The van der Waals surface area contributed by atoms with Crippen LogP contribution in [0.1, 0.15) is 12.0 Å². The van der Waals surface area contributed by atoms with Gasteiger partial charge in [-0.3, -0.25) is 0 Å². The van der Waals surface area contributed by atoms with E-state index in [4.69, 9.17) is 9.47 Å². The van der Waals surface area contributed by atoms with Gasteiger partial charge in [0.05, 0.1) is 18.8 Å². The van der Waals surface area contributed by atoms with Crippen molar-refractivity contribution in [2.75, 3.05) is 20.3 Å². The number of rotatable bonds is 4. The molecule has 7 heteroatoms. The standard InChI is InChI=1S/C13H18FNO4S/c1-9-3-4-13(10(14)7-9)20(16,17)15-11-5-6-19-8-12(11)18-2/h3-4,7,11-12,15H,5-6,8H2,1-2H3/t11-,12-/m1/s1. The molecular weight excluding hydrogens is 285 g/mol. The van der Waals surface area contributed by atoms with Crippen LogP contribution in [-0.4, -0.2) is 40.9 Å². The quantitative estimate of drug-likeness (QED) is 0.908. The summed E-state index contributed by atoms with van der Waals surface area (Å²) < 4.78 is 51.2. The highest BCUT2D eigenvalue weighted by molar-refractivity contribution is 7.89. The molecule has 1 N–H and O–H groups in total. The monoisotopic (exact) mass is 303 g/mol. The zero-order valence-electron chi connectivity index (χ0n) is 11.4. The van der Waals surface area contributed by atoms with Gasteiger partial charge in [0.2, 0.25) is 10.0 Å². The van der Waals surface area contributed by atoms with Crippen molar-refractivity contribution in [3.8, 4) is 0 Å². The van der Waals surface area contributed by atoms with Crippen LogP contribution >= 0.6 is 0 Å². The Morgan fingerprint density at radius 1 is 1.45 bits per heavy atom. The molecule has 1 heterocycles. The molecule has 0 unspecified atom stereocenters. The molecule has 112 valence electrons. The number of hydrogen-bond donors (Lipinski definition) is 1. The van der Waals surface area contributed by atoms with Crippen molar-refractivity contribution < 1.29 is 22.3 Å². The van der Waals surface area contributed by atoms with Gasteiger partial charge in [0.25, 0.3) is 0 Å². The molecule has 1 aliphatic heterocycles. The van der Waals surface area contributed by atoms with Gasteiger partial charge in [-0.1, -0.05) is 6.07 Å². The van der Waals surface area contributed by atoms with Gasteiger partial charge >= 0.3 is 0 Å². The molecule has 1 aromatic carbocycles. The Hall–Kier alpha value is -1.02. The maximum atomic E-state index is 13.8. The Labute approximate surface area is 118 Å². The summed E-state index contributed by atoms with van der Waals surface area (Å²) in [5.41, 5.74) is 0.669. The SMILES string of the molecule is CO[C@@H]1COCC[C@H]1NS(=O)(=O)c1ccc(C)cc1F. The molecule has 1 fully saturated rings. The molecule has 0 spiro atoms. The maximum absolute atomic E-state index is 13.8. The van der Waals surface area contributed by atoms with Gasteiger partial charge in [0, 0.05) is 13.7 Å². The van der Waals surface area contributed by atoms with E-state index in [0.717, 1.165) is 0 Å². The summed E-state index contributed by atoms with van der Waals surface area (Å²) in [7, 11) is -2.42. The lowest BCUT2D eigenvalue weighted by Crippen LogP contribution is -2.49. The minimum atomic E-state index is -3.91. The van der Waals surface area contributed by atoms with E-state index >= 15 is 0 Å². The van der Waals surface area contributed by atoms with E-state index in [-0.39, 0.29) is 11.0 Å². The minimum absolute atomic E-state index is 0.320. The lowest BCUT2D eigenvalue weighted by Gasteiger charge is -2.30. The summed E-state index contributed by atoms with van der Waals surface area (Å²) in [5, 5.41) is 0. The minimum Gasteiger partial charge on any atom is -0.379 e. The van der Waals surface area contributed by atoms with Gasteiger partial charge in [-0.15, -0.1) is 0 Å². The summed E-state index contributed by atoms with van der Waals surface area (Å²) >= 11 is 0. The van der Waals surface area contributed by atoms with Gasteiger partial charge in [-0.25, -0.2) is 17.5 Å². The molecule has 0 saturated carbocycles. The van der Waals surface area contributed by atoms with Crippen molar-refractivity contribution in [1.82, 2.24) is 4.72 Å². The first-order valence-corrected chi connectivity index (χ1v) is 7.81. The summed E-state index contributed by atoms with van der Waals surface area (Å²) in [6.07, 6.45) is 0.123. The highest BCUT2D eigenvalue weighted by atomic mass is 32.2. The summed E-state index contributed by atoms with van der Waals surface area (Å²) in [5.74, 6) is -0.751. The van der Waals surface area contributed by atoms with Crippen LogP contribution in [0.15, 0.2) is 23.1 Å². The molecule has 1 aliphatic rings. The molecule has 0 amide bonds. The zero-order chi connectivity index (χ0) is 14.8. The second-order valence-corrected chi connectivity index (χ2v) is 6.48. The van der Waals surface area contributed by atoms with E-state index in [9.17, 15) is 12.8 Å². The summed E-state index contributed by atoms with van der Waals surface area (Å²) in [6, 6.07) is 3.62. The van der Waals surface area contributed by atoms with E-state index in [1.54, 1.807) is 13.0 Å². The van der Waals surface area contributed by atoms with Crippen LogP contribution in [0, 0.1) is 12.7 Å². The average molecular weight is 303 g/mol. The van der Waals surface area contributed by atoms with Gasteiger partial charge in [-0.05, 0) is 31.0 Å². The molecule has 2 rings (SSSR count). The van der Waals surface area contributed by atoms with Gasteiger partial charge in [0.1, 0.15) is 10.7 Å². The molecule has 2 atom stereocenters. The van der Waals surface area contributed by atoms with Crippen LogP contribution in [0.2, 0.25) is 0 Å². The van der Waals surface area contributed by atoms with E-state index in [2.05, 4.69) is 4.72 Å². The van der Waals surface area contributed by atoms with Crippen LogP contribution < -0.4 is 4.72 Å². The highest BCUT2D eigenvalue weighted by Crippen LogP contribution is 2.19. The largest absolute Gasteiger partial charge is 0.379 e. The number of nitrogens with one attached hydrogen (secondary N) is 1. The Kier molecular flexibility index (Phi) is 4.74. The molecule has 1 aromatic rings. The average Bonchev–Trinajstić information content (AvgIpc) is 2.38. The van der Waals surface area contributed by atoms with E-state index in [1.165, 1.54) is 19.2 Å². The smallest absolute Gasteiger partial charge is 0.243 e. The Balaban J connectivity index is 2.22. The molecule has 0 bridgehead atoms. The van der Waals surface area contributed by atoms with Crippen molar-refractivity contribution in [3.05, 3.63) is 29.6 Å². The van der Waals surface area contributed by atoms with Crippen molar-refractivity contribution in [1.29, 1.82) is 0 Å². The first kappa shape index (κ1) is 15.4. The molecule has 0 aliphatic carbocycles. The first-order valence-electron chi connectivity index (χ1n) is 6.33. The Bertz CT molecular complexity index is 576. The fraction of sp³-hybridized carbons (Fsp3) is 0.538. The van der Waals surface area contributed by atoms with Crippen molar-refractivity contribution in [2.45, 2.75) is 30.4 Å². The summed E-state index contributed by atoms with van der Waals surface area (Å²) in [4.78, 5) is -0.343. The number of halogens is 1. The molecule has 5 nitrogen and oxygen atoms in total. The fourth-order valence-electron chi connectivity index (χ4n) is 2.17. The second kappa shape index (κ2) is 6.17. The van der Waals surface area contributed by atoms with E-state index in [0.29, 0.717) is 25.2 Å². The number of methoxy groups -OCH3 is 1. The first-order chi connectivity index (χ1) is 9.44. The zero-order valence-corrected chi connectivity index (χ0v) is 12.2. The van der Waals surface area contributed by atoms with Crippen molar-refractivity contribution >= 4 is 10.0 Å². The summed E-state index contributed by atoms with van der Waals surface area (Å²) in [6.45, 7) is 2.47. The van der Waals surface area contributed by atoms with Gasteiger partial charge in [-0.2, -0.15) is 0 Å². The van der Waals surface area contributed by atoms with E-state index in [1.807, 2.05) is 0 Å². The fourth-order valence-corrected chi connectivity index (χ4v) is 3.52. The number of benzene rings is 1. The van der Waals surface area contributed by atoms with Crippen molar-refractivity contribution in [2.24, 2.45) is 0 Å². The maximum Gasteiger partial charge on any atom is 0.243 e. The molecule has 0 aromatic heterocycles. The van der Waals surface area contributed by atoms with Crippen LogP contribution in [0.3, 0.4) is 0 Å². The van der Waals surface area contributed by atoms with Crippen molar-refractivity contribution in [3.63, 3.8) is 0 Å². The third-order valence-corrected chi connectivity index (χ3v) is 4.81. The number of hydrogen-bond acceptors (Lipinski definition) is 4. The van der Waals surface area contributed by atoms with Crippen LogP contribution in [0.25, 0.3) is 0 Å². The predicted octanol–water partition coefficient (Wildman–Crippen LogP) is 1.22. The van der Waals surface area contributed by atoms with Crippen LogP contribution in [-0.2, 0) is 19.5 Å². The second-order valence-electron chi connectivity index (χ2n) is 4.80. The number of sulfonamides is 1. The van der Waals surface area contributed by atoms with Crippen LogP contribution in [0.5, 0.6) is 0 Å². The lowest BCUT2D eigenvalue weighted by atomic mass is 10.1. The normalized spacial score (nSPS) is 23.8. The molecule has 1 saturated heterocycles. The van der Waals surface area contributed by atoms with Gasteiger partial charge < -0.3 is 9.47 Å². The van der Waals surface area contributed by atoms with Crippen LogP contribution in [0.4, 0.5) is 4.39 Å². The number of ether oxygens (including phenoxy) is 2. The Morgan fingerprint density at radius 3 is 2.85 bits per heavy atom. The topological polar surface area (TPSA) is 64.6 Å². The molecule has 0 radical (unpaired) electrons. The molecular formula is C13H18FNO4S. The molecule has 20 heavy (non-hydrogen) atoms. The lowest BCUT2D eigenvalue weighted by molar-refractivity contribution is -0.0448. The van der Waals surface area contributed by atoms with E-state index < -0.39 is 21.9 Å². The van der Waals surface area contributed by atoms with Gasteiger partial charge in [0.15, 0.2) is 0 Å².